The van der Waals surface area contributed by atoms with Gasteiger partial charge in [0.1, 0.15) is 0 Å². The Morgan fingerprint density at radius 2 is 2.00 bits per heavy atom. The topological polar surface area (TPSA) is 38.0 Å². The van der Waals surface area contributed by atoms with Crippen molar-refractivity contribution in [2.24, 2.45) is 5.73 Å². The van der Waals surface area contributed by atoms with Crippen molar-refractivity contribution in [2.45, 2.75) is 45.1 Å². The standard InChI is InChI=1S/C14H23ClN2/c1-2-3-4-5-8-12(11-16)17-14-10-7-6-9-13(14)15/h6-7,9-10,12,17H,2-5,8,11,16H2,1H3. The minimum absolute atomic E-state index is 0.326. The van der Waals surface area contributed by atoms with E-state index in [-0.39, 0.29) is 0 Å². The summed E-state index contributed by atoms with van der Waals surface area (Å²) in [5, 5.41) is 4.18. The van der Waals surface area contributed by atoms with Gasteiger partial charge in [-0.3, -0.25) is 0 Å². The van der Waals surface area contributed by atoms with Gasteiger partial charge in [0, 0.05) is 12.6 Å². The molecule has 3 N–H and O–H groups in total. The Labute approximate surface area is 110 Å². The summed E-state index contributed by atoms with van der Waals surface area (Å²) in [5.41, 5.74) is 6.77. The van der Waals surface area contributed by atoms with Crippen LogP contribution in [0.4, 0.5) is 5.69 Å². The molecule has 96 valence electrons. The molecule has 0 spiro atoms. The second-order valence-corrected chi connectivity index (χ2v) is 4.81. The maximum absolute atomic E-state index is 6.11. The molecule has 0 aliphatic heterocycles. The van der Waals surface area contributed by atoms with Gasteiger partial charge < -0.3 is 11.1 Å². The summed E-state index contributed by atoms with van der Waals surface area (Å²) >= 11 is 6.11. The van der Waals surface area contributed by atoms with Crippen molar-refractivity contribution in [2.75, 3.05) is 11.9 Å². The molecule has 1 rings (SSSR count). The van der Waals surface area contributed by atoms with E-state index in [0.29, 0.717) is 12.6 Å². The number of hydrogen-bond donors (Lipinski definition) is 2. The molecular weight excluding hydrogens is 232 g/mol. The lowest BCUT2D eigenvalue weighted by molar-refractivity contribution is 0.575. The van der Waals surface area contributed by atoms with Crippen molar-refractivity contribution in [1.29, 1.82) is 0 Å². The predicted molar refractivity (Wildman–Crippen MR) is 76.7 cm³/mol. The summed E-state index contributed by atoms with van der Waals surface area (Å²) in [4.78, 5) is 0. The molecule has 1 aromatic carbocycles. The number of nitrogens with two attached hydrogens (primary N) is 1. The van der Waals surface area contributed by atoms with Crippen LogP contribution in [0.3, 0.4) is 0 Å². The summed E-state index contributed by atoms with van der Waals surface area (Å²) in [6.45, 7) is 2.87. The second-order valence-electron chi connectivity index (χ2n) is 4.41. The van der Waals surface area contributed by atoms with Gasteiger partial charge in [-0.1, -0.05) is 56.3 Å². The normalized spacial score (nSPS) is 12.4. The molecule has 0 saturated carbocycles. The van der Waals surface area contributed by atoms with Crippen LogP contribution in [0.2, 0.25) is 5.02 Å². The minimum Gasteiger partial charge on any atom is -0.380 e. The van der Waals surface area contributed by atoms with Crippen LogP contribution in [-0.4, -0.2) is 12.6 Å². The van der Waals surface area contributed by atoms with E-state index in [4.69, 9.17) is 17.3 Å². The van der Waals surface area contributed by atoms with Gasteiger partial charge in [-0.2, -0.15) is 0 Å². The quantitative estimate of drug-likeness (QED) is 0.687. The first-order valence-corrected chi connectivity index (χ1v) is 6.86. The third kappa shape index (κ3) is 5.42. The maximum atomic E-state index is 6.11. The van der Waals surface area contributed by atoms with Crippen LogP contribution in [0.15, 0.2) is 24.3 Å². The van der Waals surface area contributed by atoms with Crippen LogP contribution in [0.5, 0.6) is 0 Å². The SMILES string of the molecule is CCCCCCC(CN)Nc1ccccc1Cl. The van der Waals surface area contributed by atoms with E-state index in [1.54, 1.807) is 0 Å². The van der Waals surface area contributed by atoms with Crippen LogP contribution in [0.25, 0.3) is 0 Å². The lowest BCUT2D eigenvalue weighted by atomic mass is 10.1. The number of hydrogen-bond acceptors (Lipinski definition) is 2. The van der Waals surface area contributed by atoms with E-state index < -0.39 is 0 Å². The number of anilines is 1. The van der Waals surface area contributed by atoms with Crippen LogP contribution < -0.4 is 11.1 Å². The van der Waals surface area contributed by atoms with Crippen molar-refractivity contribution in [3.8, 4) is 0 Å². The Morgan fingerprint density at radius 1 is 1.24 bits per heavy atom. The zero-order valence-electron chi connectivity index (χ0n) is 10.6. The van der Waals surface area contributed by atoms with Gasteiger partial charge in [0.05, 0.1) is 10.7 Å². The van der Waals surface area contributed by atoms with Crippen LogP contribution in [0.1, 0.15) is 39.0 Å². The lowest BCUT2D eigenvalue weighted by Crippen LogP contribution is -2.28. The molecule has 2 nitrogen and oxygen atoms in total. The largest absolute Gasteiger partial charge is 0.380 e. The molecule has 0 heterocycles. The van der Waals surface area contributed by atoms with Gasteiger partial charge in [0.15, 0.2) is 0 Å². The molecule has 0 aromatic heterocycles. The van der Waals surface area contributed by atoms with Gasteiger partial charge in [-0.05, 0) is 18.6 Å². The summed E-state index contributed by atoms with van der Waals surface area (Å²) in [6.07, 6.45) is 6.21. The molecule has 0 radical (unpaired) electrons. The van der Waals surface area contributed by atoms with Gasteiger partial charge in [-0.15, -0.1) is 0 Å². The van der Waals surface area contributed by atoms with Crippen molar-refractivity contribution < 1.29 is 0 Å². The molecule has 0 bridgehead atoms. The fraction of sp³-hybridized carbons (Fsp3) is 0.571. The summed E-state index contributed by atoms with van der Waals surface area (Å²) < 4.78 is 0. The van der Waals surface area contributed by atoms with Crippen molar-refractivity contribution >= 4 is 17.3 Å². The molecule has 1 atom stereocenters. The molecule has 3 heteroatoms. The van der Waals surface area contributed by atoms with Crippen LogP contribution >= 0.6 is 11.6 Å². The molecular formula is C14H23ClN2. The van der Waals surface area contributed by atoms with Gasteiger partial charge >= 0.3 is 0 Å². The predicted octanol–water partition coefficient (Wildman–Crippen LogP) is 4.05. The average molecular weight is 255 g/mol. The summed E-state index contributed by atoms with van der Waals surface area (Å²) in [6, 6.07) is 8.14. The third-order valence-electron chi connectivity index (χ3n) is 2.92. The molecule has 0 fully saturated rings. The van der Waals surface area contributed by atoms with E-state index >= 15 is 0 Å². The second kappa shape index (κ2) is 8.37. The first kappa shape index (κ1) is 14.3. The van der Waals surface area contributed by atoms with Crippen molar-refractivity contribution in [3.05, 3.63) is 29.3 Å². The number of halogens is 1. The lowest BCUT2D eigenvalue weighted by Gasteiger charge is -2.18. The number of rotatable bonds is 8. The highest BCUT2D eigenvalue weighted by atomic mass is 35.5. The Balaban J connectivity index is 2.38. The van der Waals surface area contributed by atoms with Gasteiger partial charge in [-0.25, -0.2) is 0 Å². The Bertz CT molecular complexity index is 315. The Kier molecular flexibility index (Phi) is 7.06. The van der Waals surface area contributed by atoms with Crippen LogP contribution in [0, 0.1) is 0 Å². The molecule has 0 aliphatic carbocycles. The van der Waals surface area contributed by atoms with E-state index in [1.807, 2.05) is 24.3 Å². The fourth-order valence-corrected chi connectivity index (χ4v) is 2.05. The zero-order valence-corrected chi connectivity index (χ0v) is 11.3. The van der Waals surface area contributed by atoms with Gasteiger partial charge in [0.25, 0.3) is 0 Å². The Hall–Kier alpha value is -0.730. The van der Waals surface area contributed by atoms with E-state index in [0.717, 1.165) is 17.1 Å². The highest BCUT2D eigenvalue weighted by Gasteiger charge is 2.07. The number of benzene rings is 1. The maximum Gasteiger partial charge on any atom is 0.0637 e. The third-order valence-corrected chi connectivity index (χ3v) is 3.25. The van der Waals surface area contributed by atoms with Crippen LogP contribution in [-0.2, 0) is 0 Å². The molecule has 0 aliphatic rings. The number of para-hydroxylation sites is 1. The molecule has 0 saturated heterocycles. The molecule has 1 unspecified atom stereocenters. The first-order chi connectivity index (χ1) is 8.27. The number of unbranched alkanes of at least 4 members (excludes halogenated alkanes) is 3. The van der Waals surface area contributed by atoms with Crippen molar-refractivity contribution in [1.82, 2.24) is 0 Å². The molecule has 0 amide bonds. The average Bonchev–Trinajstić information content (AvgIpc) is 2.35. The van der Waals surface area contributed by atoms with E-state index in [1.165, 1.54) is 25.7 Å². The highest BCUT2D eigenvalue weighted by Crippen LogP contribution is 2.22. The van der Waals surface area contributed by atoms with Gasteiger partial charge in [0.2, 0.25) is 0 Å². The summed E-state index contributed by atoms with van der Waals surface area (Å²) in [7, 11) is 0. The Morgan fingerprint density at radius 3 is 2.65 bits per heavy atom. The highest BCUT2D eigenvalue weighted by molar-refractivity contribution is 6.33. The van der Waals surface area contributed by atoms with E-state index in [9.17, 15) is 0 Å². The minimum atomic E-state index is 0.326. The van der Waals surface area contributed by atoms with Crippen molar-refractivity contribution in [3.63, 3.8) is 0 Å². The molecule has 1 aromatic rings. The summed E-state index contributed by atoms with van der Waals surface area (Å²) in [5.74, 6) is 0. The molecule has 17 heavy (non-hydrogen) atoms. The fourth-order valence-electron chi connectivity index (χ4n) is 1.86. The monoisotopic (exact) mass is 254 g/mol. The smallest absolute Gasteiger partial charge is 0.0637 e. The zero-order chi connectivity index (χ0) is 12.5. The number of nitrogens with one attached hydrogen (secondary N) is 1. The van der Waals surface area contributed by atoms with E-state index in [2.05, 4.69) is 12.2 Å². The first-order valence-electron chi connectivity index (χ1n) is 6.49.